The van der Waals surface area contributed by atoms with Crippen LogP contribution in [0.3, 0.4) is 0 Å². The second kappa shape index (κ2) is 7.92. The highest BCUT2D eigenvalue weighted by Crippen LogP contribution is 2.38. The van der Waals surface area contributed by atoms with E-state index in [1.165, 1.54) is 18.5 Å². The Balaban J connectivity index is 0.00000210. The zero-order valence-corrected chi connectivity index (χ0v) is 15.9. The Morgan fingerprint density at radius 2 is 1.81 bits per heavy atom. The summed E-state index contributed by atoms with van der Waals surface area (Å²) in [5.74, 6) is -0.551. The summed E-state index contributed by atoms with van der Waals surface area (Å²) in [6.45, 7) is 1.48. The molecule has 8 heteroatoms. The summed E-state index contributed by atoms with van der Waals surface area (Å²) in [6, 6.07) is 7.75. The van der Waals surface area contributed by atoms with Crippen LogP contribution in [0.5, 0.6) is 0 Å². The maximum absolute atomic E-state index is 15.2. The Morgan fingerprint density at radius 3 is 2.52 bits per heavy atom. The molecule has 0 radical (unpaired) electrons. The van der Waals surface area contributed by atoms with Gasteiger partial charge in [-0.15, -0.1) is 12.4 Å². The van der Waals surface area contributed by atoms with Crippen molar-refractivity contribution in [1.29, 1.82) is 0 Å². The lowest BCUT2D eigenvalue weighted by Gasteiger charge is -2.31. The third-order valence-corrected chi connectivity index (χ3v) is 5.08. The zero-order chi connectivity index (χ0) is 18.3. The number of piperidine rings is 1. The number of hydrogen-bond donors (Lipinski definition) is 1. The van der Waals surface area contributed by atoms with Crippen LogP contribution in [-0.4, -0.2) is 29.1 Å². The van der Waals surface area contributed by atoms with Crippen molar-refractivity contribution in [3.8, 4) is 11.1 Å². The topological polar surface area (TPSA) is 55.0 Å². The van der Waals surface area contributed by atoms with Crippen molar-refractivity contribution in [2.24, 2.45) is 5.73 Å². The highest BCUT2D eigenvalue weighted by Gasteiger charge is 2.23. The molecule has 1 aliphatic heterocycles. The number of fused-ring (bicyclic) bond motifs is 1. The van der Waals surface area contributed by atoms with Gasteiger partial charge in [0.25, 0.3) is 0 Å². The predicted octanol–water partition coefficient (Wildman–Crippen LogP) is 4.58. The van der Waals surface area contributed by atoms with Crippen LogP contribution in [0.15, 0.2) is 36.7 Å². The van der Waals surface area contributed by atoms with Crippen molar-refractivity contribution < 1.29 is 8.78 Å². The van der Waals surface area contributed by atoms with Gasteiger partial charge in [0, 0.05) is 35.6 Å². The number of aromatic nitrogens is 2. The lowest BCUT2D eigenvalue weighted by Crippen LogP contribution is -2.40. The largest absolute Gasteiger partial charge is 0.356 e. The van der Waals surface area contributed by atoms with Crippen LogP contribution in [0.25, 0.3) is 22.0 Å². The van der Waals surface area contributed by atoms with E-state index in [0.29, 0.717) is 11.2 Å². The molecular formula is C19H18Cl2F2N4. The molecule has 0 unspecified atom stereocenters. The zero-order valence-electron chi connectivity index (χ0n) is 14.3. The predicted molar refractivity (Wildman–Crippen MR) is 107 cm³/mol. The van der Waals surface area contributed by atoms with E-state index in [9.17, 15) is 4.39 Å². The summed E-state index contributed by atoms with van der Waals surface area (Å²) in [4.78, 5) is 10.5. The maximum atomic E-state index is 15.2. The fourth-order valence-corrected chi connectivity index (χ4v) is 3.68. The van der Waals surface area contributed by atoms with Crippen LogP contribution >= 0.6 is 24.0 Å². The lowest BCUT2D eigenvalue weighted by atomic mass is 10.0. The quantitative estimate of drug-likeness (QED) is 0.671. The van der Waals surface area contributed by atoms with Crippen molar-refractivity contribution in [2.75, 3.05) is 18.0 Å². The molecule has 1 aliphatic rings. The summed E-state index contributed by atoms with van der Waals surface area (Å²) in [5.41, 5.74) is 6.22. The van der Waals surface area contributed by atoms with E-state index in [0.717, 1.165) is 25.9 Å². The molecule has 0 saturated carbocycles. The van der Waals surface area contributed by atoms with E-state index in [4.69, 9.17) is 17.3 Å². The van der Waals surface area contributed by atoms with Crippen molar-refractivity contribution in [2.45, 2.75) is 18.9 Å². The first-order valence-electron chi connectivity index (χ1n) is 8.44. The summed E-state index contributed by atoms with van der Waals surface area (Å²) in [6.07, 6.45) is 3.01. The summed E-state index contributed by atoms with van der Waals surface area (Å²) >= 11 is 6.35. The molecular weight excluding hydrogens is 393 g/mol. The van der Waals surface area contributed by atoms with Gasteiger partial charge in [0.1, 0.15) is 23.5 Å². The Morgan fingerprint density at radius 1 is 1.11 bits per heavy atom. The molecule has 2 heterocycles. The minimum Gasteiger partial charge on any atom is -0.356 e. The number of benzene rings is 2. The number of nitrogens with two attached hydrogens (primary N) is 1. The molecule has 2 N–H and O–H groups in total. The highest BCUT2D eigenvalue weighted by molar-refractivity contribution is 6.34. The van der Waals surface area contributed by atoms with Gasteiger partial charge in [0.05, 0.1) is 5.02 Å². The molecule has 1 fully saturated rings. The second-order valence-corrected chi connectivity index (χ2v) is 6.85. The molecule has 142 valence electrons. The van der Waals surface area contributed by atoms with E-state index in [-0.39, 0.29) is 40.1 Å². The van der Waals surface area contributed by atoms with Crippen LogP contribution < -0.4 is 10.6 Å². The fraction of sp³-hybridized carbons (Fsp3) is 0.263. The summed E-state index contributed by atoms with van der Waals surface area (Å²) in [7, 11) is 0. The average molecular weight is 411 g/mol. The number of rotatable bonds is 2. The van der Waals surface area contributed by atoms with Crippen LogP contribution in [-0.2, 0) is 0 Å². The van der Waals surface area contributed by atoms with Crippen molar-refractivity contribution in [3.63, 3.8) is 0 Å². The number of hydrogen-bond acceptors (Lipinski definition) is 4. The lowest BCUT2D eigenvalue weighted by molar-refractivity contribution is 0.499. The minimum absolute atomic E-state index is 0. The van der Waals surface area contributed by atoms with Crippen molar-refractivity contribution in [1.82, 2.24) is 9.97 Å². The van der Waals surface area contributed by atoms with E-state index in [1.807, 2.05) is 0 Å². The number of anilines is 1. The fourth-order valence-electron chi connectivity index (χ4n) is 3.39. The van der Waals surface area contributed by atoms with Crippen LogP contribution in [0.2, 0.25) is 5.02 Å². The van der Waals surface area contributed by atoms with Crippen LogP contribution in [0, 0.1) is 11.6 Å². The Hall–Kier alpha value is -2.02. The number of halogens is 4. The van der Waals surface area contributed by atoms with Gasteiger partial charge < -0.3 is 10.6 Å². The molecule has 0 bridgehead atoms. The molecule has 0 atom stereocenters. The van der Waals surface area contributed by atoms with Gasteiger partial charge in [0.15, 0.2) is 5.82 Å². The van der Waals surface area contributed by atoms with E-state index >= 15 is 4.39 Å². The van der Waals surface area contributed by atoms with Gasteiger partial charge in [-0.1, -0.05) is 29.8 Å². The highest BCUT2D eigenvalue weighted by atomic mass is 35.5. The number of nitrogens with zero attached hydrogens (tertiary/aromatic N) is 3. The summed E-state index contributed by atoms with van der Waals surface area (Å²) < 4.78 is 29.4. The normalized spacial score (nSPS) is 15.0. The maximum Gasteiger partial charge on any atom is 0.159 e. The molecule has 0 spiro atoms. The molecule has 27 heavy (non-hydrogen) atoms. The standard InChI is InChI=1S/C19H17ClF2N4.ClH/c20-14-9-13-18(17(22)16(14)12-3-1-2-4-15(12)21)24-10-25-19(13)26-7-5-11(23)6-8-26;/h1-4,9-11H,5-8,23H2;1H. The third-order valence-electron chi connectivity index (χ3n) is 4.78. The Labute approximate surface area is 166 Å². The summed E-state index contributed by atoms with van der Waals surface area (Å²) in [5, 5.41) is 0.649. The molecule has 1 aromatic heterocycles. The third kappa shape index (κ3) is 3.57. The Kier molecular flexibility index (Phi) is 5.79. The van der Waals surface area contributed by atoms with Gasteiger partial charge in [-0.05, 0) is 25.0 Å². The van der Waals surface area contributed by atoms with E-state index in [2.05, 4.69) is 14.9 Å². The smallest absolute Gasteiger partial charge is 0.159 e. The molecule has 4 rings (SSSR count). The van der Waals surface area contributed by atoms with Gasteiger partial charge in [0.2, 0.25) is 0 Å². The van der Waals surface area contributed by atoms with Crippen molar-refractivity contribution in [3.05, 3.63) is 53.3 Å². The first-order valence-corrected chi connectivity index (χ1v) is 8.82. The van der Waals surface area contributed by atoms with Crippen molar-refractivity contribution >= 4 is 40.7 Å². The minimum atomic E-state index is -0.644. The monoisotopic (exact) mass is 410 g/mol. The molecule has 0 amide bonds. The molecule has 4 nitrogen and oxygen atoms in total. The van der Waals surface area contributed by atoms with Crippen LogP contribution in [0.4, 0.5) is 14.6 Å². The van der Waals surface area contributed by atoms with Crippen LogP contribution in [0.1, 0.15) is 12.8 Å². The first-order chi connectivity index (χ1) is 12.6. The molecule has 2 aromatic carbocycles. The van der Waals surface area contributed by atoms with Gasteiger partial charge in [-0.3, -0.25) is 0 Å². The van der Waals surface area contributed by atoms with Gasteiger partial charge in [-0.2, -0.15) is 0 Å². The second-order valence-electron chi connectivity index (χ2n) is 6.45. The van der Waals surface area contributed by atoms with E-state index in [1.54, 1.807) is 18.2 Å². The first kappa shape index (κ1) is 19.7. The molecule has 0 aliphatic carbocycles. The SMILES string of the molecule is Cl.NC1CCN(c2ncnc3c(F)c(-c4ccccc4F)c(Cl)cc23)CC1. The van der Waals surface area contributed by atoms with Gasteiger partial charge in [-0.25, -0.2) is 18.7 Å². The van der Waals surface area contributed by atoms with E-state index < -0.39 is 11.6 Å². The average Bonchev–Trinajstić information content (AvgIpc) is 2.64. The molecule has 3 aromatic rings. The molecule has 1 saturated heterocycles. The van der Waals surface area contributed by atoms with Gasteiger partial charge >= 0.3 is 0 Å². The Bertz CT molecular complexity index is 975.